The first kappa shape index (κ1) is 14.5. The Hall–Kier alpha value is -1.54. The molecule has 0 aliphatic carbocycles. The lowest BCUT2D eigenvalue weighted by molar-refractivity contribution is 0.0952. The molecule has 0 fully saturated rings. The highest BCUT2D eigenvalue weighted by molar-refractivity contribution is 7.89. The zero-order valence-electron chi connectivity index (χ0n) is 9.54. The van der Waals surface area contributed by atoms with Crippen molar-refractivity contribution in [2.24, 2.45) is 5.14 Å². The summed E-state index contributed by atoms with van der Waals surface area (Å²) in [5.41, 5.74) is -0.226. The molecular weight excluding hydrogens is 266 g/mol. The number of nitrogens with one attached hydrogen (secondary N) is 1. The van der Waals surface area contributed by atoms with Crippen molar-refractivity contribution in [3.05, 3.63) is 34.9 Å². The number of carbonyl (C=O) groups excluding carboxylic acids is 1. The standard InChI is InChI=1S/C10H12F2N2O3S/c1-6-4-7(9(12)5-8(6)11)10(15)14-2-3-18(13,16)17/h4-5H,2-3H2,1H3,(H,14,15)(H2,13,16,17). The van der Waals surface area contributed by atoms with Gasteiger partial charge in [0.05, 0.1) is 11.3 Å². The summed E-state index contributed by atoms with van der Waals surface area (Å²) in [5.74, 6) is -3.04. The van der Waals surface area contributed by atoms with E-state index in [2.05, 4.69) is 5.32 Å². The minimum atomic E-state index is -3.70. The maximum Gasteiger partial charge on any atom is 0.254 e. The van der Waals surface area contributed by atoms with E-state index in [0.717, 1.165) is 6.07 Å². The van der Waals surface area contributed by atoms with Crippen LogP contribution in [-0.2, 0) is 10.0 Å². The van der Waals surface area contributed by atoms with E-state index >= 15 is 0 Å². The molecule has 1 amide bonds. The van der Waals surface area contributed by atoms with E-state index in [1.165, 1.54) is 6.92 Å². The van der Waals surface area contributed by atoms with Crippen molar-refractivity contribution in [2.45, 2.75) is 6.92 Å². The maximum atomic E-state index is 13.3. The number of aryl methyl sites for hydroxylation is 1. The molecule has 8 heteroatoms. The van der Waals surface area contributed by atoms with Crippen molar-refractivity contribution in [1.82, 2.24) is 5.32 Å². The quantitative estimate of drug-likeness (QED) is 0.829. The van der Waals surface area contributed by atoms with Crippen LogP contribution in [0.15, 0.2) is 12.1 Å². The lowest BCUT2D eigenvalue weighted by Gasteiger charge is -2.07. The molecule has 0 saturated carbocycles. The molecule has 18 heavy (non-hydrogen) atoms. The zero-order valence-corrected chi connectivity index (χ0v) is 10.4. The predicted molar refractivity (Wildman–Crippen MR) is 61.4 cm³/mol. The van der Waals surface area contributed by atoms with Gasteiger partial charge in [-0.1, -0.05) is 0 Å². The SMILES string of the molecule is Cc1cc(C(=O)NCCS(N)(=O)=O)c(F)cc1F. The van der Waals surface area contributed by atoms with Crippen LogP contribution in [0.3, 0.4) is 0 Å². The molecule has 100 valence electrons. The highest BCUT2D eigenvalue weighted by Crippen LogP contribution is 2.13. The van der Waals surface area contributed by atoms with Gasteiger partial charge in [-0.25, -0.2) is 22.3 Å². The van der Waals surface area contributed by atoms with Crippen molar-refractivity contribution >= 4 is 15.9 Å². The van der Waals surface area contributed by atoms with E-state index in [9.17, 15) is 22.0 Å². The van der Waals surface area contributed by atoms with Gasteiger partial charge in [-0.15, -0.1) is 0 Å². The second-order valence-electron chi connectivity index (χ2n) is 3.70. The topological polar surface area (TPSA) is 89.3 Å². The Morgan fingerprint density at radius 2 is 1.94 bits per heavy atom. The number of halogens is 2. The largest absolute Gasteiger partial charge is 0.351 e. The monoisotopic (exact) mass is 278 g/mol. The van der Waals surface area contributed by atoms with E-state index in [4.69, 9.17) is 5.14 Å². The lowest BCUT2D eigenvalue weighted by Crippen LogP contribution is -2.32. The molecule has 0 radical (unpaired) electrons. The fourth-order valence-corrected chi connectivity index (χ4v) is 1.62. The zero-order chi connectivity index (χ0) is 13.9. The van der Waals surface area contributed by atoms with E-state index in [0.29, 0.717) is 6.07 Å². The number of hydrogen-bond acceptors (Lipinski definition) is 3. The number of nitrogens with two attached hydrogens (primary N) is 1. The minimum Gasteiger partial charge on any atom is -0.351 e. The Morgan fingerprint density at radius 1 is 1.33 bits per heavy atom. The number of sulfonamides is 1. The van der Waals surface area contributed by atoms with Crippen LogP contribution in [0.2, 0.25) is 0 Å². The van der Waals surface area contributed by atoms with Gasteiger partial charge in [-0.05, 0) is 18.6 Å². The number of benzene rings is 1. The first-order chi connectivity index (χ1) is 8.20. The molecule has 1 rings (SSSR count). The first-order valence-electron chi connectivity index (χ1n) is 4.95. The van der Waals surface area contributed by atoms with Gasteiger partial charge in [0.1, 0.15) is 11.6 Å². The van der Waals surface area contributed by atoms with Crippen LogP contribution in [0.25, 0.3) is 0 Å². The average molecular weight is 278 g/mol. The molecule has 0 heterocycles. The molecule has 0 saturated heterocycles. The Morgan fingerprint density at radius 3 is 2.50 bits per heavy atom. The smallest absolute Gasteiger partial charge is 0.254 e. The van der Waals surface area contributed by atoms with Crippen LogP contribution in [0.4, 0.5) is 8.78 Å². The van der Waals surface area contributed by atoms with Crippen LogP contribution < -0.4 is 10.5 Å². The number of amides is 1. The summed E-state index contributed by atoms with van der Waals surface area (Å²) in [6.45, 7) is 1.14. The Balaban J connectivity index is 2.76. The third kappa shape index (κ3) is 4.04. The number of hydrogen-bond donors (Lipinski definition) is 2. The third-order valence-corrected chi connectivity index (χ3v) is 2.94. The van der Waals surface area contributed by atoms with Crippen LogP contribution >= 0.6 is 0 Å². The van der Waals surface area contributed by atoms with Crippen LogP contribution in [-0.4, -0.2) is 26.6 Å². The summed E-state index contributed by atoms with van der Waals surface area (Å²) in [7, 11) is -3.70. The number of rotatable bonds is 4. The first-order valence-corrected chi connectivity index (χ1v) is 6.66. The molecule has 0 aliphatic rings. The van der Waals surface area contributed by atoms with Gasteiger partial charge in [0.2, 0.25) is 10.0 Å². The van der Waals surface area contributed by atoms with Gasteiger partial charge in [-0.2, -0.15) is 0 Å². The summed E-state index contributed by atoms with van der Waals surface area (Å²) in [6, 6.07) is 1.65. The summed E-state index contributed by atoms with van der Waals surface area (Å²) in [4.78, 5) is 11.5. The molecule has 5 nitrogen and oxygen atoms in total. The molecule has 0 aliphatic heterocycles. The molecule has 0 aromatic heterocycles. The lowest BCUT2D eigenvalue weighted by atomic mass is 10.1. The molecule has 1 aromatic rings. The van der Waals surface area contributed by atoms with Gasteiger partial charge in [-0.3, -0.25) is 4.79 Å². The van der Waals surface area contributed by atoms with Gasteiger partial charge >= 0.3 is 0 Å². The van der Waals surface area contributed by atoms with E-state index in [1.807, 2.05) is 0 Å². The number of primary sulfonamides is 1. The Bertz CT molecular complexity index is 573. The molecular formula is C10H12F2N2O3S. The maximum absolute atomic E-state index is 13.3. The molecule has 3 N–H and O–H groups in total. The minimum absolute atomic E-state index is 0.119. The van der Waals surface area contributed by atoms with Gasteiger partial charge in [0.25, 0.3) is 5.91 Å². The summed E-state index contributed by atoms with van der Waals surface area (Å²) in [5, 5.41) is 6.91. The fraction of sp³-hybridized carbons (Fsp3) is 0.300. The summed E-state index contributed by atoms with van der Waals surface area (Å²) < 4.78 is 47.5. The van der Waals surface area contributed by atoms with Crippen molar-refractivity contribution in [3.63, 3.8) is 0 Å². The second kappa shape index (κ2) is 5.40. The second-order valence-corrected chi connectivity index (χ2v) is 5.44. The van der Waals surface area contributed by atoms with E-state index in [-0.39, 0.29) is 17.7 Å². The number of carbonyl (C=O) groups is 1. The van der Waals surface area contributed by atoms with Gasteiger partial charge < -0.3 is 5.32 Å². The molecule has 0 spiro atoms. The van der Waals surface area contributed by atoms with Crippen molar-refractivity contribution < 1.29 is 22.0 Å². The third-order valence-electron chi connectivity index (χ3n) is 2.17. The van der Waals surface area contributed by atoms with Crippen LogP contribution in [0, 0.1) is 18.6 Å². The summed E-state index contributed by atoms with van der Waals surface area (Å²) >= 11 is 0. The van der Waals surface area contributed by atoms with Crippen molar-refractivity contribution in [1.29, 1.82) is 0 Å². The fourth-order valence-electron chi connectivity index (χ4n) is 1.23. The molecule has 1 aromatic carbocycles. The van der Waals surface area contributed by atoms with Crippen LogP contribution in [0.5, 0.6) is 0 Å². The predicted octanol–water partition coefficient (Wildman–Crippen LogP) is 0.292. The van der Waals surface area contributed by atoms with Crippen molar-refractivity contribution in [3.8, 4) is 0 Å². The molecule has 0 atom stereocenters. The van der Waals surface area contributed by atoms with Gasteiger partial charge in [0, 0.05) is 12.6 Å². The van der Waals surface area contributed by atoms with Crippen molar-refractivity contribution in [2.75, 3.05) is 12.3 Å². The highest BCUT2D eigenvalue weighted by atomic mass is 32.2. The molecule has 0 bridgehead atoms. The average Bonchev–Trinajstić information content (AvgIpc) is 2.21. The summed E-state index contributed by atoms with van der Waals surface area (Å²) in [6.07, 6.45) is 0. The Kier molecular flexibility index (Phi) is 4.36. The Labute approximate surface area is 103 Å². The van der Waals surface area contributed by atoms with E-state index in [1.54, 1.807) is 0 Å². The molecule has 0 unspecified atom stereocenters. The highest BCUT2D eigenvalue weighted by Gasteiger charge is 2.14. The van der Waals surface area contributed by atoms with E-state index < -0.39 is 33.3 Å². The normalized spacial score (nSPS) is 11.3. The van der Waals surface area contributed by atoms with Gasteiger partial charge in [0.15, 0.2) is 0 Å². The van der Waals surface area contributed by atoms with Crippen LogP contribution in [0.1, 0.15) is 15.9 Å².